The molecule has 0 atom stereocenters. The van der Waals surface area contributed by atoms with Crippen LogP contribution >= 0.6 is 0 Å². The number of nitrogens with zero attached hydrogens (tertiary/aromatic N) is 4. The molecule has 4 nitrogen and oxygen atoms in total. The molecular formula is C69H79BN4. The summed E-state index contributed by atoms with van der Waals surface area (Å²) in [6.45, 7) is 25.7. The summed E-state index contributed by atoms with van der Waals surface area (Å²) < 4.78 is 2.39. The average Bonchev–Trinajstić information content (AvgIpc) is 3.47. The summed E-state index contributed by atoms with van der Waals surface area (Å²) in [5, 5.41) is 0. The molecule has 0 spiro atoms. The van der Waals surface area contributed by atoms with Gasteiger partial charge in [-0.3, -0.25) is 0 Å². The van der Waals surface area contributed by atoms with Crippen LogP contribution in [0.25, 0.3) is 11.1 Å². The van der Waals surface area contributed by atoms with E-state index in [1.165, 1.54) is 78.0 Å². The van der Waals surface area contributed by atoms with Gasteiger partial charge in [0, 0.05) is 68.5 Å². The van der Waals surface area contributed by atoms with Crippen LogP contribution in [0, 0.1) is 0 Å². The van der Waals surface area contributed by atoms with E-state index in [9.17, 15) is 0 Å². The molecule has 0 bridgehead atoms. The van der Waals surface area contributed by atoms with Gasteiger partial charge in [-0.05, 0) is 137 Å². The zero-order chi connectivity index (χ0) is 52.1. The van der Waals surface area contributed by atoms with Crippen molar-refractivity contribution in [3.8, 4) is 0 Å². The number of rotatable bonds is 20. The minimum absolute atomic E-state index is 0.999. The number of hydrogen-bond acceptors (Lipinski definition) is 3. The summed E-state index contributed by atoms with van der Waals surface area (Å²) in [5.74, 6) is 0. The second kappa shape index (κ2) is 27.4. The molecule has 0 aromatic heterocycles. The minimum Gasteiger partial charge on any atom is -0.372 e. The maximum Gasteiger partial charge on any atom is 0.199 e. The molecule has 0 N–H and O–H groups in total. The van der Waals surface area contributed by atoms with Crippen LogP contribution in [0.1, 0.15) is 72.1 Å². The fourth-order valence-corrected chi connectivity index (χ4v) is 10.8. The fraction of sp³-hybridized carbons (Fsp3) is 0.232. The van der Waals surface area contributed by atoms with Crippen molar-refractivity contribution >= 4 is 61.9 Å². The normalized spacial score (nSPS) is 12.0. The van der Waals surface area contributed by atoms with Gasteiger partial charge >= 0.3 is 0 Å². The van der Waals surface area contributed by atoms with Crippen LogP contribution in [-0.2, 0) is 0 Å². The van der Waals surface area contributed by atoms with Gasteiger partial charge in [0.1, 0.15) is 19.2 Å². The van der Waals surface area contributed by atoms with E-state index in [1.807, 2.05) is 0 Å². The summed E-state index contributed by atoms with van der Waals surface area (Å²) in [6, 6.07) is 70.7. The predicted molar refractivity (Wildman–Crippen MR) is 328 cm³/mol. The Bertz CT molecular complexity index is 2730. The van der Waals surface area contributed by atoms with Gasteiger partial charge in [0.2, 0.25) is 0 Å². The standard InChI is InChI=1S/C45H59N4.C24H20B/c1-9-46(10-2)40-28-20-36(21-29-40)44(37-22-30-41(31-23-37)47(11-3)12-4)18-17-19-45(38-24-32-42(33-25-38)48(13-5)14-6)39-26-34-43(35-27-39)49(15-7)16-8;1-5-13-21(14-6-1)25(22-15-7-2-8-16-22,23-17-9-3-10-18-23)24-19-11-4-12-20-24/h17-35H,9-16H2,1-8H3;1-20H/q+1;-1. The van der Waals surface area contributed by atoms with Gasteiger partial charge < -0.3 is 14.7 Å². The smallest absolute Gasteiger partial charge is 0.199 e. The summed E-state index contributed by atoms with van der Waals surface area (Å²) in [5.41, 5.74) is 17.7. The Labute approximate surface area is 445 Å². The minimum atomic E-state index is -1.22. The second-order valence-corrected chi connectivity index (χ2v) is 18.7. The van der Waals surface area contributed by atoms with Crippen molar-refractivity contribution in [1.82, 2.24) is 0 Å². The van der Waals surface area contributed by atoms with E-state index in [2.05, 4.69) is 311 Å². The van der Waals surface area contributed by atoms with Gasteiger partial charge in [0.25, 0.3) is 0 Å². The molecule has 1 aliphatic rings. The highest BCUT2D eigenvalue weighted by molar-refractivity contribution is 7.19. The lowest BCUT2D eigenvalue weighted by Gasteiger charge is -2.44. The molecule has 5 heteroatoms. The molecule has 378 valence electrons. The first kappa shape index (κ1) is 54.2. The van der Waals surface area contributed by atoms with Gasteiger partial charge in [0.05, 0.1) is 0 Å². The summed E-state index contributed by atoms with van der Waals surface area (Å²) in [4.78, 5) is 7.18. The van der Waals surface area contributed by atoms with E-state index >= 15 is 0 Å². The quantitative estimate of drug-likeness (QED) is 0.0429. The Morgan fingerprint density at radius 2 is 0.689 bits per heavy atom. The molecule has 0 saturated carbocycles. The van der Waals surface area contributed by atoms with E-state index < -0.39 is 6.15 Å². The third-order valence-corrected chi connectivity index (χ3v) is 15.0. The number of benzene rings is 7. The lowest BCUT2D eigenvalue weighted by atomic mass is 9.13. The molecule has 0 heterocycles. The van der Waals surface area contributed by atoms with Crippen LogP contribution in [0.3, 0.4) is 0 Å². The van der Waals surface area contributed by atoms with Crippen molar-refractivity contribution in [1.29, 1.82) is 0 Å². The molecule has 74 heavy (non-hydrogen) atoms. The molecule has 0 saturated heterocycles. The Morgan fingerprint density at radius 1 is 0.378 bits per heavy atom. The first-order chi connectivity index (χ1) is 36.4. The second-order valence-electron chi connectivity index (χ2n) is 18.7. The lowest BCUT2D eigenvalue weighted by Crippen LogP contribution is -2.74. The van der Waals surface area contributed by atoms with Gasteiger partial charge in [-0.15, -0.1) is 0 Å². The highest BCUT2D eigenvalue weighted by Gasteiger charge is 2.31. The van der Waals surface area contributed by atoms with Crippen LogP contribution in [0.4, 0.5) is 17.1 Å². The van der Waals surface area contributed by atoms with Crippen molar-refractivity contribution in [2.75, 3.05) is 67.1 Å². The Morgan fingerprint density at radius 3 is 0.986 bits per heavy atom. The molecule has 0 unspecified atom stereocenters. The lowest BCUT2D eigenvalue weighted by molar-refractivity contribution is -0.519. The van der Waals surface area contributed by atoms with Crippen LogP contribution in [0.15, 0.2) is 242 Å². The fourth-order valence-electron chi connectivity index (χ4n) is 10.8. The molecule has 0 fully saturated rings. The highest BCUT2D eigenvalue weighted by Crippen LogP contribution is 2.30. The number of anilines is 3. The molecule has 8 rings (SSSR count). The predicted octanol–water partition coefficient (Wildman–Crippen LogP) is 13.4. The summed E-state index contributed by atoms with van der Waals surface area (Å²) in [6.07, 6.45) is 14.7. The first-order valence-corrected chi connectivity index (χ1v) is 27.4. The maximum atomic E-state index is 2.39. The van der Waals surface area contributed by atoms with E-state index in [0.29, 0.717) is 0 Å². The SMILES string of the molecule is CCN(CC)c1ccc(C(=CC=CC(=C2C=CC(=[N+](CC)CC)C=C2)c2ccc(N(CC)CC)cc2)c2ccc(N(CC)CC)cc2)cc1.c1ccc([B-](c2ccccc2)(c2ccccc2)c2ccccc2)cc1. The zero-order valence-corrected chi connectivity index (χ0v) is 45.5. The van der Waals surface area contributed by atoms with Crippen molar-refractivity contribution < 1.29 is 4.58 Å². The molecule has 0 amide bonds. The first-order valence-electron chi connectivity index (χ1n) is 27.4. The Kier molecular flexibility index (Phi) is 20.1. The highest BCUT2D eigenvalue weighted by atomic mass is 15.1. The van der Waals surface area contributed by atoms with Crippen molar-refractivity contribution in [3.63, 3.8) is 0 Å². The summed E-state index contributed by atoms with van der Waals surface area (Å²) in [7, 11) is 0. The van der Waals surface area contributed by atoms with Crippen molar-refractivity contribution in [2.45, 2.75) is 55.4 Å². The molecule has 0 aliphatic heterocycles. The monoisotopic (exact) mass is 975 g/mol. The number of allylic oxidation sites excluding steroid dienone is 9. The third-order valence-electron chi connectivity index (χ3n) is 15.0. The van der Waals surface area contributed by atoms with Crippen molar-refractivity contribution in [2.24, 2.45) is 0 Å². The third kappa shape index (κ3) is 12.8. The zero-order valence-electron chi connectivity index (χ0n) is 45.5. The topological polar surface area (TPSA) is 12.7 Å². The Balaban J connectivity index is 0.000000265. The van der Waals surface area contributed by atoms with Crippen LogP contribution in [0.5, 0.6) is 0 Å². The van der Waals surface area contributed by atoms with Crippen molar-refractivity contribution in [3.05, 3.63) is 259 Å². The van der Waals surface area contributed by atoms with E-state index in [4.69, 9.17) is 0 Å². The van der Waals surface area contributed by atoms with Gasteiger partial charge in [0.15, 0.2) is 5.71 Å². The van der Waals surface area contributed by atoms with E-state index in [0.717, 1.165) is 52.4 Å². The number of hydrogen-bond donors (Lipinski definition) is 0. The summed E-state index contributed by atoms with van der Waals surface area (Å²) >= 11 is 0. The molecule has 1 aliphatic carbocycles. The van der Waals surface area contributed by atoms with Crippen LogP contribution in [0.2, 0.25) is 0 Å². The Hall–Kier alpha value is -7.63. The van der Waals surface area contributed by atoms with Gasteiger partial charge in [-0.1, -0.05) is 176 Å². The van der Waals surface area contributed by atoms with Gasteiger partial charge in [-0.2, -0.15) is 21.9 Å². The average molecular weight is 975 g/mol. The maximum absolute atomic E-state index is 2.39. The van der Waals surface area contributed by atoms with E-state index in [1.54, 1.807) is 0 Å². The van der Waals surface area contributed by atoms with Crippen LogP contribution < -0.4 is 36.6 Å². The largest absolute Gasteiger partial charge is 0.372 e. The molecule has 0 radical (unpaired) electrons. The van der Waals surface area contributed by atoms with Crippen LogP contribution in [-0.4, -0.2) is 68.8 Å². The molecule has 7 aromatic carbocycles. The van der Waals surface area contributed by atoms with E-state index in [-0.39, 0.29) is 0 Å². The molecular weight excluding hydrogens is 896 g/mol. The molecule has 7 aromatic rings. The van der Waals surface area contributed by atoms with Gasteiger partial charge in [-0.25, -0.2) is 4.58 Å².